The molecular weight excluding hydrogens is 759 g/mol. The number of ether oxygens (including phenoxy) is 3. The average molecular weight is 811 g/mol. The third-order valence-corrected chi connectivity index (χ3v) is 10.7. The van der Waals surface area contributed by atoms with E-state index in [2.05, 4.69) is 78.9 Å². The van der Waals surface area contributed by atoms with Crippen molar-refractivity contribution in [2.24, 2.45) is 0 Å². The zero-order valence-electron chi connectivity index (χ0n) is 30.5. The van der Waals surface area contributed by atoms with Crippen molar-refractivity contribution in [2.75, 3.05) is 19.8 Å². The quantitative estimate of drug-likeness (QED) is 0.0569. The fraction of sp³-hybridized carbons (Fsp3) is 0.391. The van der Waals surface area contributed by atoms with Crippen LogP contribution < -0.4 is 14.2 Å². The summed E-state index contributed by atoms with van der Waals surface area (Å²) >= 11 is 3.96. The molecule has 0 aliphatic carbocycles. The van der Waals surface area contributed by atoms with Crippen molar-refractivity contribution >= 4 is 33.9 Å². The summed E-state index contributed by atoms with van der Waals surface area (Å²) in [4.78, 5) is 1.87. The lowest BCUT2D eigenvalue weighted by atomic mass is 10.1. The topological polar surface area (TPSA) is 27.7 Å². The highest BCUT2D eigenvalue weighted by Gasteiger charge is 2.13. The highest BCUT2D eigenvalue weighted by atomic mass is 127. The van der Waals surface area contributed by atoms with Crippen molar-refractivity contribution in [1.82, 2.24) is 0 Å². The number of benzene rings is 3. The Bertz CT molecular complexity index is 1790. The molecule has 0 N–H and O–H groups in total. The van der Waals surface area contributed by atoms with Crippen LogP contribution in [-0.4, -0.2) is 19.8 Å². The van der Waals surface area contributed by atoms with Crippen LogP contribution in [0.1, 0.15) is 130 Å². The van der Waals surface area contributed by atoms with Crippen LogP contribution in [0, 0.1) is 39.1 Å². The van der Waals surface area contributed by atoms with Crippen molar-refractivity contribution in [1.29, 1.82) is 0 Å². The number of halogens is 1. The lowest BCUT2D eigenvalue weighted by molar-refractivity contribution is 0.305. The number of hydrogen-bond acceptors (Lipinski definition) is 4. The highest BCUT2D eigenvalue weighted by Crippen LogP contribution is 2.29. The van der Waals surface area contributed by atoms with Crippen molar-refractivity contribution in [3.05, 3.63) is 108 Å². The molecule has 266 valence electrons. The molecule has 4 rings (SSSR count). The first-order valence-electron chi connectivity index (χ1n) is 18.7. The van der Waals surface area contributed by atoms with Crippen LogP contribution in [0.15, 0.2) is 72.8 Å². The van der Waals surface area contributed by atoms with E-state index in [1.165, 1.54) is 57.8 Å². The maximum Gasteiger partial charge on any atom is 0.119 e. The van der Waals surface area contributed by atoms with E-state index in [1.54, 1.807) is 11.3 Å². The third kappa shape index (κ3) is 14.7. The predicted octanol–water partition coefficient (Wildman–Crippen LogP) is 12.4. The molecule has 4 aromatic rings. The molecule has 0 amide bonds. The first-order chi connectivity index (χ1) is 25.1. The molecule has 0 unspecified atom stereocenters. The monoisotopic (exact) mass is 810 g/mol. The molecule has 0 bridgehead atoms. The first kappa shape index (κ1) is 39.9. The summed E-state index contributed by atoms with van der Waals surface area (Å²) in [5.74, 6) is 23.0. The fourth-order valence-electron chi connectivity index (χ4n) is 5.14. The predicted molar refractivity (Wildman–Crippen MR) is 223 cm³/mol. The maximum absolute atomic E-state index is 5.93. The van der Waals surface area contributed by atoms with Crippen molar-refractivity contribution in [3.63, 3.8) is 0 Å². The molecule has 51 heavy (non-hydrogen) atoms. The summed E-state index contributed by atoms with van der Waals surface area (Å²) < 4.78 is 18.8. The Morgan fingerprint density at radius 1 is 0.431 bits per heavy atom. The van der Waals surface area contributed by atoms with E-state index in [4.69, 9.17) is 14.2 Å². The molecule has 0 spiro atoms. The molecule has 5 heteroatoms. The van der Waals surface area contributed by atoms with Gasteiger partial charge in [0.2, 0.25) is 0 Å². The molecule has 0 atom stereocenters. The Hall–Kier alpha value is -3.83. The van der Waals surface area contributed by atoms with Gasteiger partial charge in [0, 0.05) is 16.7 Å². The van der Waals surface area contributed by atoms with Crippen molar-refractivity contribution in [3.8, 4) is 52.8 Å². The molecule has 3 aromatic carbocycles. The molecule has 1 aromatic heterocycles. The van der Waals surface area contributed by atoms with Crippen LogP contribution in [0.4, 0.5) is 0 Å². The van der Waals surface area contributed by atoms with Gasteiger partial charge in [0.1, 0.15) is 17.2 Å². The van der Waals surface area contributed by atoms with E-state index in [9.17, 15) is 0 Å². The van der Waals surface area contributed by atoms with E-state index < -0.39 is 0 Å². The summed E-state index contributed by atoms with van der Waals surface area (Å²) in [5, 5.41) is 0. The van der Waals surface area contributed by atoms with E-state index in [0.717, 1.165) is 91.9 Å². The molecule has 0 aliphatic rings. The van der Waals surface area contributed by atoms with Gasteiger partial charge >= 0.3 is 0 Å². The summed E-state index contributed by atoms with van der Waals surface area (Å²) in [6.45, 7) is 8.91. The largest absolute Gasteiger partial charge is 0.494 e. The minimum atomic E-state index is 0.746. The van der Waals surface area contributed by atoms with E-state index >= 15 is 0 Å². The lowest BCUT2D eigenvalue weighted by Gasteiger charge is -2.05. The van der Waals surface area contributed by atoms with Crippen molar-refractivity contribution < 1.29 is 14.2 Å². The Balaban J connectivity index is 1.51. The van der Waals surface area contributed by atoms with Crippen LogP contribution in [0.25, 0.3) is 0 Å². The average Bonchev–Trinajstić information content (AvgIpc) is 3.46. The standard InChI is InChI=1S/C46H51IO3S/c1-4-7-10-13-34-48-40-25-16-37(17-26-40)22-31-43-44(32-23-38-18-27-41(28-19-38)49-35-14-11-8-5-2)51-45(46(43)47)33-24-39-20-29-42(30-21-39)50-36-15-12-9-6-3/h16-21,25-30H,4-15,34-36H2,1-3H3. The fourth-order valence-corrected chi connectivity index (χ4v) is 7.05. The number of hydrogen-bond donors (Lipinski definition) is 0. The summed E-state index contributed by atoms with van der Waals surface area (Å²) in [6, 6.07) is 24.1. The molecule has 0 radical (unpaired) electrons. The van der Waals surface area contributed by atoms with Gasteiger partial charge in [-0.15, -0.1) is 11.3 Å². The summed E-state index contributed by atoms with van der Waals surface area (Å²) in [7, 11) is 0. The van der Waals surface area contributed by atoms with Gasteiger partial charge in [0.25, 0.3) is 0 Å². The van der Waals surface area contributed by atoms with Gasteiger partial charge in [0.05, 0.1) is 38.7 Å². The van der Waals surface area contributed by atoms with Gasteiger partial charge in [0.15, 0.2) is 0 Å². The number of thiophene rings is 1. The normalized spacial score (nSPS) is 10.3. The number of unbranched alkanes of at least 4 members (excludes halogenated alkanes) is 9. The second-order valence-electron chi connectivity index (χ2n) is 12.5. The van der Waals surface area contributed by atoms with E-state index in [1.807, 2.05) is 72.8 Å². The van der Waals surface area contributed by atoms with E-state index in [-0.39, 0.29) is 0 Å². The van der Waals surface area contributed by atoms with Gasteiger partial charge in [-0.25, -0.2) is 0 Å². The van der Waals surface area contributed by atoms with Gasteiger partial charge in [-0.2, -0.15) is 0 Å². The molecule has 0 saturated heterocycles. The SMILES string of the molecule is CCCCCCOc1ccc(C#Cc2sc(C#Cc3ccc(OCCCCCC)cc3)c(C#Cc3ccc(OCCCCCC)cc3)c2I)cc1. The smallest absolute Gasteiger partial charge is 0.119 e. The van der Waals surface area contributed by atoms with Gasteiger partial charge in [-0.3, -0.25) is 0 Å². The van der Waals surface area contributed by atoms with Crippen LogP contribution in [0.2, 0.25) is 0 Å². The zero-order chi connectivity index (χ0) is 35.9. The van der Waals surface area contributed by atoms with Crippen LogP contribution in [0.5, 0.6) is 17.2 Å². The molecule has 0 saturated carbocycles. The summed E-state index contributed by atoms with van der Waals surface area (Å²) in [5.41, 5.74) is 3.71. The maximum atomic E-state index is 5.93. The minimum absolute atomic E-state index is 0.746. The Morgan fingerprint density at radius 3 is 1.16 bits per heavy atom. The van der Waals surface area contributed by atoms with Crippen LogP contribution >= 0.6 is 33.9 Å². The highest BCUT2D eigenvalue weighted by molar-refractivity contribution is 14.1. The van der Waals surface area contributed by atoms with Gasteiger partial charge < -0.3 is 14.2 Å². The second-order valence-corrected chi connectivity index (χ2v) is 14.6. The molecule has 3 nitrogen and oxygen atoms in total. The van der Waals surface area contributed by atoms with Crippen LogP contribution in [-0.2, 0) is 0 Å². The molecule has 1 heterocycles. The number of rotatable bonds is 18. The van der Waals surface area contributed by atoms with Gasteiger partial charge in [-0.05, 0) is 126 Å². The van der Waals surface area contributed by atoms with Gasteiger partial charge in [-0.1, -0.05) is 102 Å². The lowest BCUT2D eigenvalue weighted by Crippen LogP contribution is -1.97. The Labute approximate surface area is 325 Å². The summed E-state index contributed by atoms with van der Waals surface area (Å²) in [6.07, 6.45) is 14.3. The zero-order valence-corrected chi connectivity index (χ0v) is 33.5. The van der Waals surface area contributed by atoms with E-state index in [0.29, 0.717) is 0 Å². The van der Waals surface area contributed by atoms with Crippen molar-refractivity contribution in [2.45, 2.75) is 97.8 Å². The molecule has 0 aliphatic heterocycles. The molecular formula is C46H51IO3S. The third-order valence-electron chi connectivity index (χ3n) is 8.19. The first-order valence-corrected chi connectivity index (χ1v) is 20.6. The molecule has 0 fully saturated rings. The Morgan fingerprint density at radius 2 is 0.784 bits per heavy atom. The Kier molecular flexibility index (Phi) is 18.5. The van der Waals surface area contributed by atoms with Crippen LogP contribution in [0.3, 0.4) is 0 Å². The second kappa shape index (κ2) is 23.6. The minimum Gasteiger partial charge on any atom is -0.494 e.